The molecule has 1 aliphatic heterocycles. The number of halogens is 1. The average Bonchev–Trinajstić information content (AvgIpc) is 2.70. The monoisotopic (exact) mass is 388 g/mol. The molecule has 0 bridgehead atoms. The Morgan fingerprint density at radius 1 is 1.15 bits per heavy atom. The van der Waals surface area contributed by atoms with E-state index in [4.69, 9.17) is 21.1 Å². The van der Waals surface area contributed by atoms with Crippen molar-refractivity contribution in [1.82, 2.24) is 10.2 Å². The van der Waals surface area contributed by atoms with E-state index in [2.05, 4.69) is 5.32 Å². The number of methoxy groups -OCH3 is 2. The van der Waals surface area contributed by atoms with E-state index >= 15 is 0 Å². The van der Waals surface area contributed by atoms with Gasteiger partial charge in [-0.2, -0.15) is 0 Å². The second kappa shape index (κ2) is 8.63. The molecule has 0 saturated carbocycles. The second-order valence-corrected chi connectivity index (χ2v) is 7.13. The maximum Gasteiger partial charge on any atom is 0.236 e. The first-order chi connectivity index (χ1) is 13.0. The Morgan fingerprint density at radius 2 is 1.78 bits per heavy atom. The van der Waals surface area contributed by atoms with Crippen LogP contribution in [0.2, 0.25) is 5.02 Å². The molecule has 1 heterocycles. The van der Waals surface area contributed by atoms with Crippen molar-refractivity contribution in [1.29, 1.82) is 0 Å². The van der Waals surface area contributed by atoms with E-state index in [-0.39, 0.29) is 11.9 Å². The summed E-state index contributed by atoms with van der Waals surface area (Å²) in [4.78, 5) is 14.5. The summed E-state index contributed by atoms with van der Waals surface area (Å²) >= 11 is 5.93. The van der Waals surface area contributed by atoms with Crippen molar-refractivity contribution in [2.75, 3.05) is 27.3 Å². The summed E-state index contributed by atoms with van der Waals surface area (Å²) in [5.41, 5.74) is 3.42. The summed E-state index contributed by atoms with van der Waals surface area (Å²) in [7, 11) is 3.26. The zero-order valence-electron chi connectivity index (χ0n) is 15.9. The van der Waals surface area contributed by atoms with Crippen LogP contribution in [0, 0.1) is 0 Å². The topological polar surface area (TPSA) is 50.8 Å². The van der Waals surface area contributed by atoms with Gasteiger partial charge in [-0.15, -0.1) is 0 Å². The summed E-state index contributed by atoms with van der Waals surface area (Å²) in [6.45, 7) is 3.63. The highest BCUT2D eigenvalue weighted by Gasteiger charge is 2.23. The third-order valence-corrected chi connectivity index (χ3v) is 5.25. The van der Waals surface area contributed by atoms with Gasteiger partial charge >= 0.3 is 0 Å². The van der Waals surface area contributed by atoms with Gasteiger partial charge in [0.25, 0.3) is 0 Å². The standard InChI is InChI=1S/C21H25ClN2O3/c1-14(15-4-6-18(22)7-5-15)23-12-21(25)24-9-8-16-10-19(26-2)20(27-3)11-17(16)13-24/h4-7,10-11,14,23H,8-9,12-13H2,1-3H3/t14-/m1/s1. The van der Waals surface area contributed by atoms with E-state index in [1.54, 1.807) is 14.2 Å². The maximum absolute atomic E-state index is 12.7. The average molecular weight is 389 g/mol. The number of hydrogen-bond donors (Lipinski definition) is 1. The van der Waals surface area contributed by atoms with Crippen LogP contribution in [-0.2, 0) is 17.8 Å². The first-order valence-corrected chi connectivity index (χ1v) is 9.40. The molecule has 0 unspecified atom stereocenters. The maximum atomic E-state index is 12.7. The molecule has 1 amide bonds. The molecule has 0 aliphatic carbocycles. The normalized spacial score (nSPS) is 14.4. The van der Waals surface area contributed by atoms with E-state index < -0.39 is 0 Å². The van der Waals surface area contributed by atoms with E-state index in [1.807, 2.05) is 48.2 Å². The number of nitrogens with one attached hydrogen (secondary N) is 1. The van der Waals surface area contributed by atoms with Gasteiger partial charge in [0.2, 0.25) is 5.91 Å². The molecule has 2 aromatic rings. The van der Waals surface area contributed by atoms with E-state index in [1.165, 1.54) is 5.56 Å². The Kier molecular flexibility index (Phi) is 6.24. The van der Waals surface area contributed by atoms with Crippen LogP contribution < -0.4 is 14.8 Å². The molecule has 0 saturated heterocycles. The number of rotatable bonds is 6. The summed E-state index contributed by atoms with van der Waals surface area (Å²) in [5, 5.41) is 4.01. The highest BCUT2D eigenvalue weighted by atomic mass is 35.5. The molecule has 1 aliphatic rings. The summed E-state index contributed by atoms with van der Waals surface area (Å²) in [6.07, 6.45) is 0.814. The summed E-state index contributed by atoms with van der Waals surface area (Å²) in [5.74, 6) is 1.52. The summed E-state index contributed by atoms with van der Waals surface area (Å²) in [6, 6.07) is 11.7. The zero-order valence-corrected chi connectivity index (χ0v) is 16.7. The van der Waals surface area contributed by atoms with Crippen LogP contribution in [0.3, 0.4) is 0 Å². The van der Waals surface area contributed by atoms with Crippen molar-refractivity contribution < 1.29 is 14.3 Å². The third-order valence-electron chi connectivity index (χ3n) is 5.00. The van der Waals surface area contributed by atoms with Crippen molar-refractivity contribution in [3.63, 3.8) is 0 Å². The van der Waals surface area contributed by atoms with Crippen LogP contribution in [-0.4, -0.2) is 38.1 Å². The first kappa shape index (κ1) is 19.5. The van der Waals surface area contributed by atoms with Crippen LogP contribution in [0.5, 0.6) is 11.5 Å². The van der Waals surface area contributed by atoms with Gasteiger partial charge in [-0.05, 0) is 54.3 Å². The van der Waals surface area contributed by atoms with Gasteiger partial charge in [-0.25, -0.2) is 0 Å². The molecule has 1 N–H and O–H groups in total. The van der Waals surface area contributed by atoms with E-state index in [0.29, 0.717) is 30.4 Å². The largest absolute Gasteiger partial charge is 0.493 e. The second-order valence-electron chi connectivity index (χ2n) is 6.70. The van der Waals surface area contributed by atoms with Crippen molar-refractivity contribution >= 4 is 17.5 Å². The molecule has 144 valence electrons. The number of hydrogen-bond acceptors (Lipinski definition) is 4. The molecule has 27 heavy (non-hydrogen) atoms. The number of benzene rings is 2. The minimum Gasteiger partial charge on any atom is -0.493 e. The predicted molar refractivity (Wildman–Crippen MR) is 107 cm³/mol. The number of ether oxygens (including phenoxy) is 2. The van der Waals surface area contributed by atoms with Crippen LogP contribution in [0.25, 0.3) is 0 Å². The lowest BCUT2D eigenvalue weighted by Crippen LogP contribution is -2.41. The molecule has 6 heteroatoms. The molecule has 1 atom stereocenters. The van der Waals surface area contributed by atoms with Crippen LogP contribution in [0.1, 0.15) is 29.7 Å². The van der Waals surface area contributed by atoms with Crippen LogP contribution in [0.15, 0.2) is 36.4 Å². The van der Waals surface area contributed by atoms with Gasteiger partial charge < -0.3 is 19.7 Å². The van der Waals surface area contributed by atoms with Crippen LogP contribution >= 0.6 is 11.6 Å². The third kappa shape index (κ3) is 4.54. The molecule has 0 spiro atoms. The van der Waals surface area contributed by atoms with Crippen molar-refractivity contribution in [3.8, 4) is 11.5 Å². The Balaban J connectivity index is 1.61. The lowest BCUT2D eigenvalue weighted by molar-refractivity contribution is -0.131. The molecule has 0 fully saturated rings. The number of carbonyl (C=O) groups excluding carboxylic acids is 1. The van der Waals surface area contributed by atoms with Gasteiger partial charge in [-0.3, -0.25) is 4.79 Å². The number of amides is 1. The molecular weight excluding hydrogens is 364 g/mol. The first-order valence-electron chi connectivity index (χ1n) is 9.02. The fraction of sp³-hybridized carbons (Fsp3) is 0.381. The van der Waals surface area contributed by atoms with Crippen LogP contribution in [0.4, 0.5) is 0 Å². The van der Waals surface area contributed by atoms with Gasteiger partial charge in [0, 0.05) is 24.2 Å². The van der Waals surface area contributed by atoms with Gasteiger partial charge in [0.1, 0.15) is 0 Å². The van der Waals surface area contributed by atoms with E-state index in [9.17, 15) is 4.79 Å². The molecule has 5 nitrogen and oxygen atoms in total. The summed E-state index contributed by atoms with van der Waals surface area (Å²) < 4.78 is 10.8. The zero-order chi connectivity index (χ0) is 19.4. The Bertz CT molecular complexity index is 808. The van der Waals surface area contributed by atoms with Crippen molar-refractivity contribution in [3.05, 3.63) is 58.1 Å². The molecular formula is C21H25ClN2O3. The predicted octanol–water partition coefficient (Wildman–Crippen LogP) is 3.59. The number of fused-ring (bicyclic) bond motifs is 1. The Labute approximate surface area is 165 Å². The number of carbonyl (C=O) groups is 1. The van der Waals surface area contributed by atoms with Gasteiger partial charge in [-0.1, -0.05) is 23.7 Å². The molecule has 0 radical (unpaired) electrons. The fourth-order valence-electron chi connectivity index (χ4n) is 3.32. The van der Waals surface area contributed by atoms with Gasteiger partial charge in [0.05, 0.1) is 20.8 Å². The lowest BCUT2D eigenvalue weighted by atomic mass is 9.98. The SMILES string of the molecule is COc1cc2c(cc1OC)CN(C(=O)CN[C@H](C)c1ccc(Cl)cc1)CC2. The Hall–Kier alpha value is -2.24. The fourth-order valence-corrected chi connectivity index (χ4v) is 3.44. The molecule has 0 aromatic heterocycles. The molecule has 3 rings (SSSR count). The van der Waals surface area contributed by atoms with E-state index in [0.717, 1.165) is 23.3 Å². The minimum absolute atomic E-state index is 0.0765. The number of nitrogens with zero attached hydrogens (tertiary/aromatic N) is 1. The molecule has 2 aromatic carbocycles. The highest BCUT2D eigenvalue weighted by molar-refractivity contribution is 6.30. The smallest absolute Gasteiger partial charge is 0.236 e. The van der Waals surface area contributed by atoms with Crippen molar-refractivity contribution in [2.45, 2.75) is 25.9 Å². The lowest BCUT2D eigenvalue weighted by Gasteiger charge is -2.30. The minimum atomic E-state index is 0.0765. The highest BCUT2D eigenvalue weighted by Crippen LogP contribution is 2.33. The van der Waals surface area contributed by atoms with Gasteiger partial charge in [0.15, 0.2) is 11.5 Å². The quantitative estimate of drug-likeness (QED) is 0.821. The van der Waals surface area contributed by atoms with Crippen molar-refractivity contribution in [2.24, 2.45) is 0 Å². The Morgan fingerprint density at radius 3 is 2.41 bits per heavy atom.